The van der Waals surface area contributed by atoms with E-state index in [2.05, 4.69) is 6.07 Å². The lowest BCUT2D eigenvalue weighted by Gasteiger charge is -2.24. The van der Waals surface area contributed by atoms with Crippen molar-refractivity contribution in [1.82, 2.24) is 4.57 Å². The summed E-state index contributed by atoms with van der Waals surface area (Å²) >= 11 is 0. The summed E-state index contributed by atoms with van der Waals surface area (Å²) in [5, 5.41) is 8.83. The van der Waals surface area contributed by atoms with Crippen LogP contribution in [0.5, 0.6) is 0 Å². The summed E-state index contributed by atoms with van der Waals surface area (Å²) < 4.78 is 7.39. The van der Waals surface area contributed by atoms with Crippen LogP contribution in [0.25, 0.3) is 0 Å². The Morgan fingerprint density at radius 3 is 3.23 bits per heavy atom. The molecule has 13 heavy (non-hydrogen) atoms. The number of hydrogen-bond donors (Lipinski definition) is 0. The van der Waals surface area contributed by atoms with Crippen molar-refractivity contribution < 1.29 is 4.74 Å². The van der Waals surface area contributed by atoms with Crippen LogP contribution < -0.4 is 0 Å². The van der Waals surface area contributed by atoms with Crippen LogP contribution in [0, 0.1) is 11.3 Å². The fourth-order valence-corrected chi connectivity index (χ4v) is 1.75. The first-order valence-electron chi connectivity index (χ1n) is 4.56. The SMILES string of the molecule is N#Cc1cccn1C1CCCOC1. The minimum absolute atomic E-state index is 0.360. The van der Waals surface area contributed by atoms with Crippen LogP contribution in [0.15, 0.2) is 18.3 Å². The predicted octanol–water partition coefficient (Wildman–Crippen LogP) is 1.71. The molecule has 1 saturated heterocycles. The standard InChI is InChI=1S/C10H12N2O/c11-7-9-3-1-5-12(9)10-4-2-6-13-8-10/h1,3,5,10H,2,4,6,8H2. The molecule has 2 heterocycles. The molecular formula is C10H12N2O. The van der Waals surface area contributed by atoms with E-state index in [4.69, 9.17) is 10.00 Å². The molecule has 0 radical (unpaired) electrons. The van der Waals surface area contributed by atoms with E-state index in [-0.39, 0.29) is 0 Å². The molecule has 0 N–H and O–H groups in total. The smallest absolute Gasteiger partial charge is 0.120 e. The second-order valence-corrected chi connectivity index (χ2v) is 3.28. The number of aromatic nitrogens is 1. The van der Waals surface area contributed by atoms with Gasteiger partial charge in [0.05, 0.1) is 12.6 Å². The third kappa shape index (κ3) is 1.58. The van der Waals surface area contributed by atoms with Gasteiger partial charge in [-0.05, 0) is 25.0 Å². The second-order valence-electron chi connectivity index (χ2n) is 3.28. The van der Waals surface area contributed by atoms with E-state index in [0.29, 0.717) is 6.04 Å². The maximum absolute atomic E-state index is 8.83. The summed E-state index contributed by atoms with van der Waals surface area (Å²) in [4.78, 5) is 0. The Morgan fingerprint density at radius 2 is 2.54 bits per heavy atom. The highest BCUT2D eigenvalue weighted by atomic mass is 16.5. The number of rotatable bonds is 1. The normalized spacial score (nSPS) is 22.5. The molecule has 1 aliphatic heterocycles. The third-order valence-corrected chi connectivity index (χ3v) is 2.42. The summed E-state index contributed by atoms with van der Waals surface area (Å²) in [5.41, 5.74) is 0.732. The van der Waals surface area contributed by atoms with E-state index in [0.717, 1.165) is 31.7 Å². The van der Waals surface area contributed by atoms with Crippen molar-refractivity contribution in [3.05, 3.63) is 24.0 Å². The monoisotopic (exact) mass is 176 g/mol. The van der Waals surface area contributed by atoms with Gasteiger partial charge >= 0.3 is 0 Å². The zero-order valence-corrected chi connectivity index (χ0v) is 7.44. The largest absolute Gasteiger partial charge is 0.379 e. The average molecular weight is 176 g/mol. The molecule has 0 saturated carbocycles. The molecular weight excluding hydrogens is 164 g/mol. The van der Waals surface area contributed by atoms with Crippen LogP contribution in [-0.2, 0) is 4.74 Å². The van der Waals surface area contributed by atoms with Gasteiger partial charge in [-0.2, -0.15) is 5.26 Å². The van der Waals surface area contributed by atoms with E-state index >= 15 is 0 Å². The molecule has 1 aromatic heterocycles. The van der Waals surface area contributed by atoms with Crippen LogP contribution >= 0.6 is 0 Å². The summed E-state index contributed by atoms with van der Waals surface area (Å²) in [7, 11) is 0. The van der Waals surface area contributed by atoms with Gasteiger partial charge in [-0.1, -0.05) is 0 Å². The van der Waals surface area contributed by atoms with Gasteiger partial charge in [-0.3, -0.25) is 0 Å². The zero-order valence-electron chi connectivity index (χ0n) is 7.44. The predicted molar refractivity (Wildman–Crippen MR) is 48.2 cm³/mol. The fourth-order valence-electron chi connectivity index (χ4n) is 1.75. The molecule has 1 aromatic rings. The Labute approximate surface area is 77.5 Å². The van der Waals surface area contributed by atoms with Crippen LogP contribution in [0.1, 0.15) is 24.6 Å². The first-order valence-corrected chi connectivity index (χ1v) is 4.56. The Morgan fingerprint density at radius 1 is 1.62 bits per heavy atom. The van der Waals surface area contributed by atoms with Crippen molar-refractivity contribution >= 4 is 0 Å². The van der Waals surface area contributed by atoms with Crippen molar-refractivity contribution in [1.29, 1.82) is 5.26 Å². The number of nitriles is 1. The Kier molecular flexibility index (Phi) is 2.33. The van der Waals surface area contributed by atoms with E-state index in [1.807, 2.05) is 22.9 Å². The van der Waals surface area contributed by atoms with Crippen LogP contribution in [0.3, 0.4) is 0 Å². The molecule has 1 fully saturated rings. The summed E-state index contributed by atoms with van der Waals surface area (Å²) in [6.45, 7) is 1.60. The maximum atomic E-state index is 8.83. The molecule has 0 aromatic carbocycles. The zero-order chi connectivity index (χ0) is 9.10. The van der Waals surface area contributed by atoms with Gasteiger partial charge in [0.1, 0.15) is 11.8 Å². The van der Waals surface area contributed by atoms with Gasteiger partial charge < -0.3 is 9.30 Å². The molecule has 0 bridgehead atoms. The second kappa shape index (κ2) is 3.63. The van der Waals surface area contributed by atoms with Gasteiger partial charge in [0, 0.05) is 12.8 Å². The van der Waals surface area contributed by atoms with Gasteiger partial charge in [0.2, 0.25) is 0 Å². The van der Waals surface area contributed by atoms with Crippen molar-refractivity contribution in [2.45, 2.75) is 18.9 Å². The van der Waals surface area contributed by atoms with Crippen molar-refractivity contribution in [3.63, 3.8) is 0 Å². The van der Waals surface area contributed by atoms with E-state index in [9.17, 15) is 0 Å². The van der Waals surface area contributed by atoms with Crippen molar-refractivity contribution in [2.24, 2.45) is 0 Å². The highest BCUT2D eigenvalue weighted by molar-refractivity contribution is 5.22. The average Bonchev–Trinajstić information content (AvgIpc) is 2.67. The Balaban J connectivity index is 2.19. The molecule has 2 rings (SSSR count). The summed E-state index contributed by atoms with van der Waals surface area (Å²) in [6.07, 6.45) is 4.16. The van der Waals surface area contributed by atoms with Gasteiger partial charge in [0.15, 0.2) is 0 Å². The number of ether oxygens (including phenoxy) is 1. The molecule has 68 valence electrons. The van der Waals surface area contributed by atoms with Gasteiger partial charge in [-0.25, -0.2) is 0 Å². The van der Waals surface area contributed by atoms with E-state index < -0.39 is 0 Å². The first kappa shape index (κ1) is 8.33. The highest BCUT2D eigenvalue weighted by Gasteiger charge is 2.16. The molecule has 0 amide bonds. The van der Waals surface area contributed by atoms with E-state index in [1.165, 1.54) is 0 Å². The van der Waals surface area contributed by atoms with Gasteiger partial charge in [-0.15, -0.1) is 0 Å². The molecule has 1 unspecified atom stereocenters. The number of nitrogens with zero attached hydrogens (tertiary/aromatic N) is 2. The summed E-state index contributed by atoms with van der Waals surface area (Å²) in [6, 6.07) is 6.29. The highest BCUT2D eigenvalue weighted by Crippen LogP contribution is 2.21. The van der Waals surface area contributed by atoms with Crippen molar-refractivity contribution in [3.8, 4) is 6.07 Å². The molecule has 3 heteroatoms. The topological polar surface area (TPSA) is 38.0 Å². The Bertz CT molecular complexity index is 318. The van der Waals surface area contributed by atoms with Crippen LogP contribution in [-0.4, -0.2) is 17.8 Å². The molecule has 0 spiro atoms. The molecule has 0 aliphatic carbocycles. The number of hydrogen-bond acceptors (Lipinski definition) is 2. The van der Waals surface area contributed by atoms with Crippen molar-refractivity contribution in [2.75, 3.05) is 13.2 Å². The van der Waals surface area contributed by atoms with Crippen LogP contribution in [0.2, 0.25) is 0 Å². The first-order chi connectivity index (χ1) is 6.42. The minimum atomic E-state index is 0.360. The van der Waals surface area contributed by atoms with Crippen LogP contribution in [0.4, 0.5) is 0 Å². The third-order valence-electron chi connectivity index (χ3n) is 2.42. The fraction of sp³-hybridized carbons (Fsp3) is 0.500. The van der Waals surface area contributed by atoms with Gasteiger partial charge in [0.25, 0.3) is 0 Å². The quantitative estimate of drug-likeness (QED) is 0.653. The molecule has 1 atom stereocenters. The maximum Gasteiger partial charge on any atom is 0.120 e. The molecule has 3 nitrogen and oxygen atoms in total. The summed E-state index contributed by atoms with van der Waals surface area (Å²) in [5.74, 6) is 0. The Hall–Kier alpha value is -1.27. The lowest BCUT2D eigenvalue weighted by atomic mass is 10.1. The lowest BCUT2D eigenvalue weighted by Crippen LogP contribution is -2.21. The van der Waals surface area contributed by atoms with E-state index in [1.54, 1.807) is 0 Å². The molecule has 1 aliphatic rings. The minimum Gasteiger partial charge on any atom is -0.379 e. The lowest BCUT2D eigenvalue weighted by molar-refractivity contribution is 0.0590.